The number of benzene rings is 1. The summed E-state index contributed by atoms with van der Waals surface area (Å²) < 4.78 is 16.5. The minimum Gasteiger partial charge on any atom is -0.324 e. The summed E-state index contributed by atoms with van der Waals surface area (Å²) in [5.41, 5.74) is 8.04. The van der Waals surface area contributed by atoms with Gasteiger partial charge in [-0.2, -0.15) is 0 Å². The highest BCUT2D eigenvalue weighted by Crippen LogP contribution is 2.24. The Labute approximate surface area is 101 Å². The lowest BCUT2D eigenvalue weighted by Crippen LogP contribution is -2.10. The molecule has 1 aromatic rings. The number of hydrogen-bond acceptors (Lipinski definition) is 3. The van der Waals surface area contributed by atoms with Crippen molar-refractivity contribution < 1.29 is 8.39 Å². The summed E-state index contributed by atoms with van der Waals surface area (Å²) in [7, 11) is 2.30. The Balaban J connectivity index is 3.14. The van der Waals surface area contributed by atoms with E-state index in [0.29, 0.717) is 4.90 Å². The summed E-state index contributed by atoms with van der Waals surface area (Å²) in [6, 6.07) is 5.75. The van der Waals surface area contributed by atoms with Crippen molar-refractivity contribution in [2.24, 2.45) is 5.73 Å². The van der Waals surface area contributed by atoms with E-state index in [4.69, 9.17) is 9.92 Å². The van der Waals surface area contributed by atoms with Gasteiger partial charge in [-0.15, -0.1) is 8.58 Å². The maximum Gasteiger partial charge on any atom is 0.189 e. The van der Waals surface area contributed by atoms with Crippen LogP contribution in [0.1, 0.15) is 24.1 Å². The molecule has 3 atom stereocenters. The largest absolute Gasteiger partial charge is 0.324 e. The SMILES string of the molecule is COS(=O)c1ccc(CPC)cc1C(C)N. The first-order valence-electron chi connectivity index (χ1n) is 5.09. The average Bonchev–Trinajstić information content (AvgIpc) is 2.28. The number of rotatable bonds is 5. The van der Waals surface area contributed by atoms with Crippen molar-refractivity contribution in [2.45, 2.75) is 24.0 Å². The molecule has 0 heterocycles. The lowest BCUT2D eigenvalue weighted by Gasteiger charge is -2.13. The molecule has 3 nitrogen and oxygen atoms in total. The zero-order valence-electron chi connectivity index (χ0n) is 9.82. The molecule has 0 spiro atoms. The fourth-order valence-electron chi connectivity index (χ4n) is 1.51. The van der Waals surface area contributed by atoms with Gasteiger partial charge in [-0.25, -0.2) is 4.21 Å². The monoisotopic (exact) mass is 259 g/mol. The summed E-state index contributed by atoms with van der Waals surface area (Å²) >= 11 is -1.41. The van der Waals surface area contributed by atoms with Gasteiger partial charge >= 0.3 is 0 Å². The van der Waals surface area contributed by atoms with Crippen LogP contribution in [0.15, 0.2) is 23.1 Å². The van der Waals surface area contributed by atoms with Crippen LogP contribution in [0.3, 0.4) is 0 Å². The second-order valence-electron chi connectivity index (χ2n) is 3.59. The second-order valence-corrected chi connectivity index (χ2v) is 5.90. The van der Waals surface area contributed by atoms with Crippen molar-refractivity contribution in [1.82, 2.24) is 0 Å². The van der Waals surface area contributed by atoms with Crippen molar-refractivity contribution in [2.75, 3.05) is 13.8 Å². The Bertz CT molecular complexity index is 382. The van der Waals surface area contributed by atoms with Crippen molar-refractivity contribution in [1.29, 1.82) is 0 Å². The van der Waals surface area contributed by atoms with Gasteiger partial charge in [-0.1, -0.05) is 12.1 Å². The average molecular weight is 259 g/mol. The predicted octanol–water partition coefficient (Wildman–Crippen LogP) is 2.18. The van der Waals surface area contributed by atoms with Crippen LogP contribution >= 0.6 is 8.58 Å². The highest BCUT2D eigenvalue weighted by molar-refractivity contribution is 7.80. The zero-order valence-corrected chi connectivity index (χ0v) is 11.6. The molecule has 0 bridgehead atoms. The van der Waals surface area contributed by atoms with E-state index in [2.05, 4.69) is 6.66 Å². The first kappa shape index (κ1) is 13.8. The van der Waals surface area contributed by atoms with E-state index in [0.717, 1.165) is 20.3 Å². The van der Waals surface area contributed by atoms with Crippen LogP contribution < -0.4 is 5.73 Å². The molecule has 0 amide bonds. The number of hydrogen-bond donors (Lipinski definition) is 1. The van der Waals surface area contributed by atoms with Crippen LogP contribution in [-0.2, 0) is 21.4 Å². The van der Waals surface area contributed by atoms with Gasteiger partial charge in [0.1, 0.15) is 0 Å². The highest BCUT2D eigenvalue weighted by Gasteiger charge is 2.13. The maximum atomic E-state index is 11.6. The fraction of sp³-hybridized carbons (Fsp3) is 0.455. The molecule has 0 fully saturated rings. The summed E-state index contributed by atoms with van der Waals surface area (Å²) in [6.07, 6.45) is 1.04. The lowest BCUT2D eigenvalue weighted by molar-refractivity contribution is 0.444. The first-order chi connectivity index (χ1) is 7.60. The molecular weight excluding hydrogens is 241 g/mol. The molecule has 0 saturated carbocycles. The zero-order chi connectivity index (χ0) is 12.1. The highest BCUT2D eigenvalue weighted by atomic mass is 32.2. The van der Waals surface area contributed by atoms with Crippen molar-refractivity contribution in [3.63, 3.8) is 0 Å². The maximum absolute atomic E-state index is 11.6. The van der Waals surface area contributed by atoms with Crippen molar-refractivity contribution in [3.05, 3.63) is 29.3 Å². The Morgan fingerprint density at radius 2 is 2.25 bits per heavy atom. The van der Waals surface area contributed by atoms with Crippen LogP contribution in [-0.4, -0.2) is 18.0 Å². The van der Waals surface area contributed by atoms with Crippen LogP contribution in [0.5, 0.6) is 0 Å². The second kappa shape index (κ2) is 6.45. The minimum atomic E-state index is -1.41. The topological polar surface area (TPSA) is 52.3 Å². The molecule has 0 saturated heterocycles. The lowest BCUT2D eigenvalue weighted by atomic mass is 10.1. The third-order valence-electron chi connectivity index (χ3n) is 2.28. The van der Waals surface area contributed by atoms with Gasteiger partial charge in [0.15, 0.2) is 11.1 Å². The van der Waals surface area contributed by atoms with Crippen molar-refractivity contribution >= 4 is 19.7 Å². The Kier molecular flexibility index (Phi) is 5.56. The number of nitrogens with two attached hydrogens (primary N) is 1. The Hall–Kier alpha value is -0.280. The first-order valence-corrected chi connectivity index (χ1v) is 7.87. The van der Waals surface area contributed by atoms with E-state index < -0.39 is 11.1 Å². The van der Waals surface area contributed by atoms with Crippen LogP contribution in [0.25, 0.3) is 0 Å². The van der Waals surface area contributed by atoms with Gasteiger partial charge in [-0.3, -0.25) is 4.18 Å². The van der Waals surface area contributed by atoms with Crippen LogP contribution in [0.4, 0.5) is 0 Å². The summed E-state index contributed by atoms with van der Waals surface area (Å²) in [6.45, 7) is 4.05. The molecule has 1 aromatic carbocycles. The van der Waals surface area contributed by atoms with Gasteiger partial charge in [0.25, 0.3) is 0 Å². The third kappa shape index (κ3) is 3.36. The Morgan fingerprint density at radius 3 is 2.75 bits per heavy atom. The molecule has 0 radical (unpaired) electrons. The standard InChI is InChI=1S/C11H18NO2PS/c1-8(12)10-6-9(7-15-3)4-5-11(10)16(13)14-2/h4-6,8,15H,7,12H2,1-3H3. The predicted molar refractivity (Wildman–Crippen MR) is 70.4 cm³/mol. The molecule has 5 heteroatoms. The normalized spacial score (nSPS) is 15.5. The van der Waals surface area contributed by atoms with Crippen molar-refractivity contribution in [3.8, 4) is 0 Å². The molecule has 3 unspecified atom stereocenters. The van der Waals surface area contributed by atoms with E-state index >= 15 is 0 Å². The van der Waals surface area contributed by atoms with Gasteiger partial charge in [0.05, 0.1) is 12.0 Å². The summed E-state index contributed by atoms with van der Waals surface area (Å²) in [5, 5.41) is 0. The quantitative estimate of drug-likeness (QED) is 0.825. The molecule has 90 valence electrons. The summed E-state index contributed by atoms with van der Waals surface area (Å²) in [4.78, 5) is 0.681. The smallest absolute Gasteiger partial charge is 0.189 e. The van der Waals surface area contributed by atoms with Gasteiger partial charge in [0.2, 0.25) is 0 Å². The molecule has 0 aliphatic rings. The minimum absolute atomic E-state index is 0.130. The van der Waals surface area contributed by atoms with E-state index in [1.165, 1.54) is 12.7 Å². The summed E-state index contributed by atoms with van der Waals surface area (Å²) in [5.74, 6) is 0. The molecule has 0 aliphatic carbocycles. The Morgan fingerprint density at radius 1 is 1.56 bits per heavy atom. The molecule has 16 heavy (non-hydrogen) atoms. The van der Waals surface area contributed by atoms with Gasteiger partial charge in [0, 0.05) is 6.04 Å². The van der Waals surface area contributed by atoms with Gasteiger partial charge < -0.3 is 5.73 Å². The van der Waals surface area contributed by atoms with Crippen LogP contribution in [0, 0.1) is 0 Å². The van der Waals surface area contributed by atoms with E-state index in [1.54, 1.807) is 0 Å². The van der Waals surface area contributed by atoms with Crippen LogP contribution in [0.2, 0.25) is 0 Å². The molecule has 0 aliphatic heterocycles. The third-order valence-corrected chi connectivity index (χ3v) is 4.07. The van der Waals surface area contributed by atoms with E-state index in [-0.39, 0.29) is 6.04 Å². The van der Waals surface area contributed by atoms with E-state index in [1.807, 2.05) is 25.1 Å². The molecule has 0 aromatic heterocycles. The molecule has 1 rings (SSSR count). The molecule has 2 N–H and O–H groups in total. The van der Waals surface area contributed by atoms with E-state index in [9.17, 15) is 4.21 Å². The fourth-order valence-corrected chi connectivity index (χ4v) is 2.93. The van der Waals surface area contributed by atoms with Gasteiger partial charge in [-0.05, 0) is 36.9 Å². The molecular formula is C11H18NO2PS.